The number of nitrogens with one attached hydrogen (secondary N) is 2. The predicted octanol–water partition coefficient (Wildman–Crippen LogP) is 3.02. The highest BCUT2D eigenvalue weighted by molar-refractivity contribution is 7.13. The molecule has 0 radical (unpaired) electrons. The highest BCUT2D eigenvalue weighted by atomic mass is 32.1. The number of anilines is 1. The molecule has 2 aromatic rings. The Kier molecular flexibility index (Phi) is 5.19. The largest absolute Gasteiger partial charge is 0.419 e. The van der Waals surface area contributed by atoms with Gasteiger partial charge in [0, 0.05) is 19.3 Å². The zero-order valence-electron chi connectivity index (χ0n) is 12.5. The molecule has 2 heterocycles. The number of amides is 1. The van der Waals surface area contributed by atoms with E-state index in [1.54, 1.807) is 13.8 Å². The Hall–Kier alpha value is -2.16. The van der Waals surface area contributed by atoms with E-state index in [-0.39, 0.29) is 24.8 Å². The third-order valence-corrected chi connectivity index (χ3v) is 4.00. The van der Waals surface area contributed by atoms with Gasteiger partial charge >= 0.3 is 6.18 Å². The highest BCUT2D eigenvalue weighted by Crippen LogP contribution is 2.33. The maximum Gasteiger partial charge on any atom is 0.419 e. The smallest absolute Gasteiger partial charge is 0.368 e. The lowest BCUT2D eigenvalue weighted by atomic mass is 10.2. The van der Waals surface area contributed by atoms with Crippen molar-refractivity contribution in [1.29, 1.82) is 0 Å². The van der Waals surface area contributed by atoms with Gasteiger partial charge in [-0.25, -0.2) is 9.97 Å². The minimum Gasteiger partial charge on any atom is -0.368 e. The van der Waals surface area contributed by atoms with Crippen molar-refractivity contribution in [3.05, 3.63) is 39.5 Å². The number of rotatable bonds is 5. The van der Waals surface area contributed by atoms with Crippen molar-refractivity contribution in [1.82, 2.24) is 15.3 Å². The number of hydrogen-bond acceptors (Lipinski definition) is 5. The molecule has 124 valence electrons. The molecule has 2 N–H and O–H groups in total. The first-order valence-electron chi connectivity index (χ1n) is 6.77. The first-order valence-corrected chi connectivity index (χ1v) is 7.59. The monoisotopic (exact) mass is 344 g/mol. The van der Waals surface area contributed by atoms with Gasteiger partial charge in [0.15, 0.2) is 0 Å². The number of hydrogen-bond donors (Lipinski definition) is 2. The van der Waals surface area contributed by atoms with Crippen LogP contribution in [-0.4, -0.2) is 29.0 Å². The molecular weight excluding hydrogens is 329 g/mol. The van der Waals surface area contributed by atoms with Crippen LogP contribution in [-0.2, 0) is 6.18 Å². The van der Waals surface area contributed by atoms with Crippen LogP contribution >= 0.6 is 11.3 Å². The summed E-state index contributed by atoms with van der Waals surface area (Å²) in [4.78, 5) is 20.3. The van der Waals surface area contributed by atoms with E-state index in [1.165, 1.54) is 23.6 Å². The van der Waals surface area contributed by atoms with Gasteiger partial charge in [0.2, 0.25) is 0 Å². The topological polar surface area (TPSA) is 66.9 Å². The summed E-state index contributed by atoms with van der Waals surface area (Å²) >= 11 is 1.28. The second-order valence-corrected chi connectivity index (χ2v) is 5.93. The minimum absolute atomic E-state index is 0.128. The van der Waals surface area contributed by atoms with Crippen LogP contribution in [0.4, 0.5) is 19.0 Å². The molecule has 1 amide bonds. The lowest BCUT2D eigenvalue weighted by molar-refractivity contribution is -0.137. The average molecular weight is 344 g/mol. The van der Waals surface area contributed by atoms with Crippen LogP contribution in [0.25, 0.3) is 0 Å². The number of thiazole rings is 1. The summed E-state index contributed by atoms with van der Waals surface area (Å²) in [6.07, 6.45) is -3.20. The Morgan fingerprint density at radius 1 is 1.30 bits per heavy atom. The molecule has 0 atom stereocenters. The van der Waals surface area contributed by atoms with E-state index in [0.717, 1.165) is 11.1 Å². The van der Waals surface area contributed by atoms with E-state index in [4.69, 9.17) is 0 Å². The van der Waals surface area contributed by atoms with E-state index in [1.807, 2.05) is 0 Å². The summed E-state index contributed by atoms with van der Waals surface area (Å²) in [5, 5.41) is 6.02. The van der Waals surface area contributed by atoms with E-state index >= 15 is 0 Å². The molecule has 0 aromatic carbocycles. The molecular formula is C14H15F3N4OS. The van der Waals surface area contributed by atoms with E-state index in [2.05, 4.69) is 20.6 Å². The highest BCUT2D eigenvalue weighted by Gasteiger charge is 2.33. The zero-order chi connectivity index (χ0) is 17.0. The predicted molar refractivity (Wildman–Crippen MR) is 81.6 cm³/mol. The number of aromatic nitrogens is 2. The van der Waals surface area contributed by atoms with Crippen molar-refractivity contribution in [3.8, 4) is 0 Å². The van der Waals surface area contributed by atoms with Gasteiger partial charge in [-0.2, -0.15) is 13.2 Å². The second kappa shape index (κ2) is 6.95. The molecule has 0 saturated heterocycles. The molecule has 0 saturated carbocycles. The molecule has 0 spiro atoms. The van der Waals surface area contributed by atoms with Crippen molar-refractivity contribution in [2.24, 2.45) is 0 Å². The van der Waals surface area contributed by atoms with Crippen molar-refractivity contribution < 1.29 is 18.0 Å². The summed E-state index contributed by atoms with van der Waals surface area (Å²) in [5.74, 6) is -0.536. The van der Waals surface area contributed by atoms with Crippen molar-refractivity contribution in [2.75, 3.05) is 18.4 Å². The van der Waals surface area contributed by atoms with Gasteiger partial charge in [-0.3, -0.25) is 4.79 Å². The fraction of sp³-hybridized carbons (Fsp3) is 0.357. The molecule has 2 aromatic heterocycles. The molecule has 0 bridgehead atoms. The van der Waals surface area contributed by atoms with Crippen molar-refractivity contribution in [3.63, 3.8) is 0 Å². The third-order valence-electron chi connectivity index (χ3n) is 2.93. The Morgan fingerprint density at radius 2 is 2.04 bits per heavy atom. The summed E-state index contributed by atoms with van der Waals surface area (Å²) in [6, 6.07) is 2.18. The number of aryl methyl sites for hydroxylation is 2. The summed E-state index contributed by atoms with van der Waals surface area (Å²) in [7, 11) is 0. The van der Waals surface area contributed by atoms with Crippen LogP contribution in [0, 0.1) is 13.8 Å². The maximum atomic E-state index is 12.8. The number of carbonyl (C=O) groups is 1. The quantitative estimate of drug-likeness (QED) is 0.818. The van der Waals surface area contributed by atoms with Crippen LogP contribution in [0.3, 0.4) is 0 Å². The lowest BCUT2D eigenvalue weighted by Gasteiger charge is -2.13. The number of halogens is 3. The second-order valence-electron chi connectivity index (χ2n) is 4.73. The lowest BCUT2D eigenvalue weighted by Crippen LogP contribution is -2.29. The molecule has 0 aliphatic heterocycles. The number of alkyl halides is 3. The number of pyridine rings is 1. The van der Waals surface area contributed by atoms with Gasteiger partial charge in [-0.05, 0) is 26.0 Å². The fourth-order valence-corrected chi connectivity index (χ4v) is 2.79. The Labute approximate surface area is 135 Å². The van der Waals surface area contributed by atoms with Crippen LogP contribution in [0.1, 0.15) is 25.9 Å². The van der Waals surface area contributed by atoms with Gasteiger partial charge < -0.3 is 10.6 Å². The minimum atomic E-state index is -4.48. The molecule has 23 heavy (non-hydrogen) atoms. The first kappa shape index (κ1) is 17.2. The standard InChI is InChI=1S/C14H15F3N4OS/c1-8-11(23-9(2)21-8)13(22)20-7-6-19-12-10(14(15,16)17)4-3-5-18-12/h3-5H,6-7H2,1-2H3,(H,18,19)(H,20,22). The molecule has 2 rings (SSSR count). The molecule has 5 nitrogen and oxygen atoms in total. The third kappa shape index (κ3) is 4.41. The average Bonchev–Trinajstić information content (AvgIpc) is 2.81. The van der Waals surface area contributed by atoms with Crippen LogP contribution in [0.5, 0.6) is 0 Å². The molecule has 0 fully saturated rings. The molecule has 0 unspecified atom stereocenters. The van der Waals surface area contributed by atoms with Gasteiger partial charge in [-0.1, -0.05) is 0 Å². The normalized spacial score (nSPS) is 11.3. The van der Waals surface area contributed by atoms with Crippen LogP contribution in [0.2, 0.25) is 0 Å². The van der Waals surface area contributed by atoms with Gasteiger partial charge in [0.1, 0.15) is 10.7 Å². The maximum absolute atomic E-state index is 12.8. The van der Waals surface area contributed by atoms with Crippen molar-refractivity contribution in [2.45, 2.75) is 20.0 Å². The van der Waals surface area contributed by atoms with Gasteiger partial charge in [0.25, 0.3) is 5.91 Å². The summed E-state index contributed by atoms with van der Waals surface area (Å²) in [6.45, 7) is 3.83. The van der Waals surface area contributed by atoms with E-state index in [0.29, 0.717) is 10.6 Å². The van der Waals surface area contributed by atoms with E-state index in [9.17, 15) is 18.0 Å². The van der Waals surface area contributed by atoms with Crippen molar-refractivity contribution >= 4 is 23.1 Å². The molecule has 0 aliphatic rings. The zero-order valence-corrected chi connectivity index (χ0v) is 13.3. The summed E-state index contributed by atoms with van der Waals surface area (Å²) in [5.41, 5.74) is -0.192. The Morgan fingerprint density at radius 3 is 2.65 bits per heavy atom. The van der Waals surface area contributed by atoms with E-state index < -0.39 is 11.7 Å². The van der Waals surface area contributed by atoms with Gasteiger partial charge in [-0.15, -0.1) is 11.3 Å². The first-order chi connectivity index (χ1) is 10.8. The van der Waals surface area contributed by atoms with Crippen LogP contribution < -0.4 is 10.6 Å². The Balaban J connectivity index is 1.89. The number of carbonyl (C=O) groups excluding carboxylic acids is 1. The summed E-state index contributed by atoms with van der Waals surface area (Å²) < 4.78 is 38.4. The SMILES string of the molecule is Cc1nc(C)c(C(=O)NCCNc2ncccc2C(F)(F)F)s1. The number of nitrogens with zero attached hydrogens (tertiary/aromatic N) is 2. The van der Waals surface area contributed by atoms with Gasteiger partial charge in [0.05, 0.1) is 16.3 Å². The molecule has 9 heteroatoms. The molecule has 0 aliphatic carbocycles. The fourth-order valence-electron chi connectivity index (χ4n) is 1.95. The van der Waals surface area contributed by atoms with Crippen LogP contribution in [0.15, 0.2) is 18.3 Å². The Bertz CT molecular complexity index is 700.